The van der Waals surface area contributed by atoms with Crippen molar-refractivity contribution in [3.63, 3.8) is 0 Å². The fourth-order valence-corrected chi connectivity index (χ4v) is 2.50. The lowest BCUT2D eigenvalue weighted by atomic mass is 9.71. The van der Waals surface area contributed by atoms with Crippen LogP contribution in [0.15, 0.2) is 11.6 Å². The van der Waals surface area contributed by atoms with E-state index in [0.29, 0.717) is 24.1 Å². The highest BCUT2D eigenvalue weighted by atomic mass is 16.3. The quantitative estimate of drug-likeness (QED) is 0.671. The molecule has 0 spiro atoms. The van der Waals surface area contributed by atoms with Gasteiger partial charge >= 0.3 is 0 Å². The molecule has 14 heavy (non-hydrogen) atoms. The minimum absolute atomic E-state index is 0.323. The number of nitrogens with one attached hydrogen (secondary N) is 1. The maximum absolute atomic E-state index is 8.95. The fraction of sp³-hybridized carbons (Fsp3) is 0.833. The summed E-state index contributed by atoms with van der Waals surface area (Å²) in [6, 6.07) is 0.652. The predicted octanol–water partition coefficient (Wildman–Crippen LogP) is 1.85. The first-order chi connectivity index (χ1) is 6.63. The molecule has 1 unspecified atom stereocenters. The summed E-state index contributed by atoms with van der Waals surface area (Å²) in [5, 5.41) is 12.6. The summed E-state index contributed by atoms with van der Waals surface area (Å²) in [4.78, 5) is 0. The van der Waals surface area contributed by atoms with Crippen molar-refractivity contribution in [3.8, 4) is 0 Å². The van der Waals surface area contributed by atoms with Crippen LogP contribution in [-0.4, -0.2) is 23.3 Å². The Hall–Kier alpha value is -0.340. The van der Waals surface area contributed by atoms with Gasteiger partial charge in [-0.05, 0) is 38.5 Å². The van der Waals surface area contributed by atoms with Crippen molar-refractivity contribution in [1.29, 1.82) is 0 Å². The van der Waals surface area contributed by atoms with Gasteiger partial charge in [0.05, 0.1) is 0 Å². The molecule has 3 aliphatic rings. The molecule has 0 aromatic carbocycles. The summed E-state index contributed by atoms with van der Waals surface area (Å²) in [6.45, 7) is 4.73. The van der Waals surface area contributed by atoms with Crippen LogP contribution in [0.2, 0.25) is 0 Å². The van der Waals surface area contributed by atoms with E-state index in [1.165, 1.54) is 12.8 Å². The Balaban J connectivity index is 1.82. The number of rotatable bonds is 4. The molecule has 2 bridgehead atoms. The van der Waals surface area contributed by atoms with Crippen LogP contribution in [0.4, 0.5) is 0 Å². The van der Waals surface area contributed by atoms with Gasteiger partial charge in [-0.2, -0.15) is 0 Å². The molecule has 0 aromatic heterocycles. The highest BCUT2D eigenvalue weighted by Gasteiger charge is 2.43. The molecule has 3 rings (SSSR count). The standard InChI is InChI=1S/C12H21NO/c1-9(8-14)3-4-10-5-6-12(2)7-11(10)13-12/h5,9,11,13-14H,3-4,6-8H2,1-2H3/t9-,11?,12-/m1/s1. The summed E-state index contributed by atoms with van der Waals surface area (Å²) in [6.07, 6.45) is 7.19. The summed E-state index contributed by atoms with van der Waals surface area (Å²) >= 11 is 0. The van der Waals surface area contributed by atoms with Gasteiger partial charge in [0, 0.05) is 18.2 Å². The Morgan fingerprint density at radius 3 is 2.93 bits per heavy atom. The molecule has 2 heterocycles. The van der Waals surface area contributed by atoms with Gasteiger partial charge in [-0.1, -0.05) is 18.6 Å². The van der Waals surface area contributed by atoms with E-state index in [0.717, 1.165) is 12.8 Å². The Labute approximate surface area is 86.4 Å². The Bertz CT molecular complexity index is 241. The van der Waals surface area contributed by atoms with Crippen molar-refractivity contribution in [1.82, 2.24) is 5.32 Å². The van der Waals surface area contributed by atoms with Crippen LogP contribution >= 0.6 is 0 Å². The number of hydrogen-bond acceptors (Lipinski definition) is 2. The van der Waals surface area contributed by atoms with Crippen molar-refractivity contribution in [2.24, 2.45) is 5.92 Å². The molecule has 0 aromatic rings. The van der Waals surface area contributed by atoms with E-state index < -0.39 is 0 Å². The maximum Gasteiger partial charge on any atom is 0.0456 e. The van der Waals surface area contributed by atoms with Crippen molar-refractivity contribution >= 4 is 0 Å². The largest absolute Gasteiger partial charge is 0.396 e. The lowest BCUT2D eigenvalue weighted by Crippen LogP contribution is -2.64. The van der Waals surface area contributed by atoms with Gasteiger partial charge in [0.2, 0.25) is 0 Å². The van der Waals surface area contributed by atoms with Crippen LogP contribution in [0.3, 0.4) is 0 Å². The third-order valence-corrected chi connectivity index (χ3v) is 3.68. The zero-order valence-corrected chi connectivity index (χ0v) is 9.21. The zero-order valence-electron chi connectivity index (χ0n) is 9.21. The molecule has 2 aliphatic heterocycles. The third kappa shape index (κ3) is 1.86. The predicted molar refractivity (Wildman–Crippen MR) is 58.1 cm³/mol. The normalized spacial score (nSPS) is 37.4. The van der Waals surface area contributed by atoms with Crippen LogP contribution in [0.5, 0.6) is 0 Å². The molecule has 1 fully saturated rings. The Kier molecular flexibility index (Phi) is 2.67. The molecule has 1 aliphatic carbocycles. The van der Waals surface area contributed by atoms with Crippen LogP contribution in [0.1, 0.15) is 39.5 Å². The summed E-state index contributed by atoms with van der Waals surface area (Å²) < 4.78 is 0. The zero-order chi connectivity index (χ0) is 10.2. The van der Waals surface area contributed by atoms with Gasteiger partial charge in [0.25, 0.3) is 0 Å². The summed E-state index contributed by atoms with van der Waals surface area (Å²) in [5.41, 5.74) is 1.99. The van der Waals surface area contributed by atoms with Gasteiger partial charge in [-0.3, -0.25) is 0 Å². The van der Waals surface area contributed by atoms with Gasteiger partial charge in [-0.25, -0.2) is 0 Å². The van der Waals surface area contributed by atoms with E-state index in [2.05, 4.69) is 25.2 Å². The highest BCUT2D eigenvalue weighted by molar-refractivity contribution is 5.26. The summed E-state index contributed by atoms with van der Waals surface area (Å²) in [7, 11) is 0. The minimum atomic E-state index is 0.323. The van der Waals surface area contributed by atoms with Gasteiger partial charge in [-0.15, -0.1) is 0 Å². The molecule has 2 N–H and O–H groups in total. The Morgan fingerprint density at radius 1 is 1.71 bits per heavy atom. The Morgan fingerprint density at radius 2 is 2.43 bits per heavy atom. The van der Waals surface area contributed by atoms with Crippen LogP contribution in [-0.2, 0) is 0 Å². The monoisotopic (exact) mass is 195 g/mol. The molecular weight excluding hydrogens is 174 g/mol. The van der Waals surface area contributed by atoms with E-state index in [4.69, 9.17) is 5.11 Å². The average Bonchev–Trinajstić information content (AvgIpc) is 2.14. The lowest BCUT2D eigenvalue weighted by Gasteiger charge is -2.51. The first-order valence-electron chi connectivity index (χ1n) is 5.70. The molecule has 80 valence electrons. The number of hydrogen-bond donors (Lipinski definition) is 2. The molecule has 0 radical (unpaired) electrons. The highest BCUT2D eigenvalue weighted by Crippen LogP contribution is 2.39. The summed E-state index contributed by atoms with van der Waals surface area (Å²) in [5.74, 6) is 0.448. The van der Waals surface area contributed by atoms with E-state index in [9.17, 15) is 0 Å². The number of aliphatic hydroxyl groups excluding tert-OH is 1. The van der Waals surface area contributed by atoms with E-state index in [1.807, 2.05) is 0 Å². The second-order valence-corrected chi connectivity index (χ2v) is 5.27. The van der Waals surface area contributed by atoms with Gasteiger partial charge in [0.15, 0.2) is 0 Å². The van der Waals surface area contributed by atoms with E-state index >= 15 is 0 Å². The van der Waals surface area contributed by atoms with E-state index in [-0.39, 0.29) is 0 Å². The molecule has 0 saturated carbocycles. The molecule has 2 heteroatoms. The third-order valence-electron chi connectivity index (χ3n) is 3.68. The smallest absolute Gasteiger partial charge is 0.0456 e. The molecule has 0 amide bonds. The average molecular weight is 195 g/mol. The van der Waals surface area contributed by atoms with Crippen LogP contribution in [0.25, 0.3) is 0 Å². The second-order valence-electron chi connectivity index (χ2n) is 5.27. The first kappa shape index (κ1) is 10.2. The SMILES string of the molecule is C[C@@H](CO)CCC1=CC[C@]2(C)CC1N2. The van der Waals surface area contributed by atoms with Gasteiger partial charge < -0.3 is 10.4 Å². The second kappa shape index (κ2) is 3.67. The molecule has 2 nitrogen and oxygen atoms in total. The van der Waals surface area contributed by atoms with Crippen molar-refractivity contribution in [3.05, 3.63) is 11.6 Å². The van der Waals surface area contributed by atoms with E-state index in [1.54, 1.807) is 5.57 Å². The number of aliphatic hydroxyl groups is 1. The van der Waals surface area contributed by atoms with Crippen LogP contribution in [0, 0.1) is 5.92 Å². The van der Waals surface area contributed by atoms with Crippen molar-refractivity contribution in [2.75, 3.05) is 6.61 Å². The number of fused-ring (bicyclic) bond motifs is 1. The topological polar surface area (TPSA) is 32.3 Å². The van der Waals surface area contributed by atoms with Gasteiger partial charge in [0.1, 0.15) is 0 Å². The molecule has 1 saturated heterocycles. The first-order valence-corrected chi connectivity index (χ1v) is 5.70. The lowest BCUT2D eigenvalue weighted by molar-refractivity contribution is 0.158. The fourth-order valence-electron chi connectivity index (χ4n) is 2.50. The minimum Gasteiger partial charge on any atom is -0.396 e. The van der Waals surface area contributed by atoms with Crippen molar-refractivity contribution in [2.45, 2.75) is 51.1 Å². The molecular formula is C12H21NO. The van der Waals surface area contributed by atoms with Crippen molar-refractivity contribution < 1.29 is 5.11 Å². The molecule has 3 atom stereocenters. The maximum atomic E-state index is 8.95. The van der Waals surface area contributed by atoms with Crippen LogP contribution < -0.4 is 5.32 Å².